The van der Waals surface area contributed by atoms with Crippen LogP contribution in [-0.2, 0) is 16.6 Å². The average molecular weight is 431 g/mol. The first-order valence-electron chi connectivity index (χ1n) is 9.03. The van der Waals surface area contributed by atoms with E-state index in [1.165, 1.54) is 0 Å². The van der Waals surface area contributed by atoms with Gasteiger partial charge in [0.1, 0.15) is 9.96 Å². The van der Waals surface area contributed by atoms with Crippen LogP contribution >= 0.6 is 11.3 Å². The quantitative estimate of drug-likeness (QED) is 0.581. The zero-order valence-electron chi connectivity index (χ0n) is 16.2. The highest BCUT2D eigenvalue weighted by atomic mass is 32.2. The van der Waals surface area contributed by atoms with Crippen LogP contribution in [0.5, 0.6) is 5.75 Å². The Hall–Kier alpha value is -2.84. The number of para-hydroxylation sites is 1. The van der Waals surface area contributed by atoms with Crippen molar-refractivity contribution in [3.63, 3.8) is 0 Å². The summed E-state index contributed by atoms with van der Waals surface area (Å²) >= 11 is 1.15. The summed E-state index contributed by atoms with van der Waals surface area (Å²) in [7, 11) is -1.89. The maximum Gasteiger partial charge on any atom is 0.271 e. The van der Waals surface area contributed by atoms with E-state index in [0.29, 0.717) is 24.4 Å². The normalized spacial score (nSPS) is 11.1. The Balaban J connectivity index is 1.69. The molecule has 0 aliphatic heterocycles. The molecule has 0 saturated carbocycles. The Morgan fingerprint density at radius 2 is 1.79 bits per heavy atom. The molecular formula is C21H22N2O4S2. The van der Waals surface area contributed by atoms with Gasteiger partial charge in [0.05, 0.1) is 6.61 Å². The molecule has 6 nitrogen and oxygen atoms in total. The van der Waals surface area contributed by atoms with Gasteiger partial charge in [-0.2, -0.15) is 0 Å². The van der Waals surface area contributed by atoms with Crippen molar-refractivity contribution in [1.29, 1.82) is 0 Å². The standard InChI is InChI=1S/C21H22N2O4S2/c1-3-27-19-8-5-4-7-17(19)15-23(2)21(24)16-10-12-18(13-11-16)22-29(25,26)20-9-6-14-28-20/h4-14,22H,3,15H2,1-2H3. The van der Waals surface area contributed by atoms with Crippen LogP contribution < -0.4 is 9.46 Å². The Bertz CT molecular complexity index is 1060. The molecule has 0 radical (unpaired) electrons. The van der Waals surface area contributed by atoms with E-state index in [1.54, 1.807) is 53.7 Å². The maximum atomic E-state index is 12.7. The fraction of sp³-hybridized carbons (Fsp3) is 0.190. The molecule has 0 fully saturated rings. The maximum absolute atomic E-state index is 12.7. The monoisotopic (exact) mass is 430 g/mol. The lowest BCUT2D eigenvalue weighted by Crippen LogP contribution is -2.26. The fourth-order valence-corrected chi connectivity index (χ4v) is 4.83. The van der Waals surface area contributed by atoms with Crippen molar-refractivity contribution < 1.29 is 17.9 Å². The van der Waals surface area contributed by atoms with Gasteiger partial charge < -0.3 is 9.64 Å². The zero-order valence-corrected chi connectivity index (χ0v) is 17.8. The second-order valence-corrected chi connectivity index (χ2v) is 9.17. The Morgan fingerprint density at radius 1 is 1.07 bits per heavy atom. The lowest BCUT2D eigenvalue weighted by atomic mass is 10.1. The summed E-state index contributed by atoms with van der Waals surface area (Å²) in [6.45, 7) is 2.87. The van der Waals surface area contributed by atoms with Gasteiger partial charge >= 0.3 is 0 Å². The number of nitrogens with one attached hydrogen (secondary N) is 1. The Labute approximate surface area is 174 Å². The molecule has 1 aromatic heterocycles. The van der Waals surface area contributed by atoms with Gasteiger partial charge in [-0.1, -0.05) is 24.3 Å². The lowest BCUT2D eigenvalue weighted by molar-refractivity contribution is 0.0784. The van der Waals surface area contributed by atoms with Crippen LogP contribution in [0.1, 0.15) is 22.8 Å². The number of amides is 1. The van der Waals surface area contributed by atoms with Gasteiger partial charge in [0.2, 0.25) is 0 Å². The minimum atomic E-state index is -3.61. The van der Waals surface area contributed by atoms with E-state index in [2.05, 4.69) is 4.72 Å². The highest BCUT2D eigenvalue weighted by molar-refractivity contribution is 7.94. The van der Waals surface area contributed by atoms with Crippen LogP contribution in [0.4, 0.5) is 5.69 Å². The van der Waals surface area contributed by atoms with Crippen molar-refractivity contribution in [2.45, 2.75) is 17.7 Å². The predicted molar refractivity (Wildman–Crippen MR) is 115 cm³/mol. The van der Waals surface area contributed by atoms with Crippen molar-refractivity contribution in [3.05, 3.63) is 77.2 Å². The number of ether oxygens (including phenoxy) is 1. The van der Waals surface area contributed by atoms with E-state index >= 15 is 0 Å². The summed E-state index contributed by atoms with van der Waals surface area (Å²) < 4.78 is 33.0. The van der Waals surface area contributed by atoms with Crippen LogP contribution in [0.2, 0.25) is 0 Å². The molecule has 0 saturated heterocycles. The van der Waals surface area contributed by atoms with Crippen molar-refractivity contribution in [1.82, 2.24) is 4.90 Å². The van der Waals surface area contributed by atoms with Gasteiger partial charge in [-0.25, -0.2) is 8.42 Å². The molecule has 1 heterocycles. The molecule has 0 bridgehead atoms. The summed E-state index contributed by atoms with van der Waals surface area (Å²) in [5.41, 5.74) is 1.80. The first-order valence-corrected chi connectivity index (χ1v) is 11.4. The van der Waals surface area contributed by atoms with E-state index in [4.69, 9.17) is 4.74 Å². The molecule has 3 aromatic rings. The van der Waals surface area contributed by atoms with Crippen LogP contribution in [0.25, 0.3) is 0 Å². The van der Waals surface area contributed by atoms with Gasteiger partial charge in [-0.05, 0) is 48.7 Å². The summed E-state index contributed by atoms with van der Waals surface area (Å²) in [6, 6.07) is 17.2. The second-order valence-electron chi connectivity index (χ2n) is 6.32. The number of sulfonamides is 1. The van der Waals surface area contributed by atoms with Gasteiger partial charge in [-0.15, -0.1) is 11.3 Å². The topological polar surface area (TPSA) is 75.7 Å². The number of benzene rings is 2. The number of hydrogen-bond donors (Lipinski definition) is 1. The van der Waals surface area contributed by atoms with E-state index in [1.807, 2.05) is 31.2 Å². The largest absolute Gasteiger partial charge is 0.494 e. The minimum Gasteiger partial charge on any atom is -0.494 e. The SMILES string of the molecule is CCOc1ccccc1CN(C)C(=O)c1ccc(NS(=O)(=O)c2cccs2)cc1. The molecule has 1 N–H and O–H groups in total. The third-order valence-corrected chi connectivity index (χ3v) is 6.95. The highest BCUT2D eigenvalue weighted by Gasteiger charge is 2.17. The van der Waals surface area contributed by atoms with Gasteiger partial charge in [-0.3, -0.25) is 9.52 Å². The summed E-state index contributed by atoms with van der Waals surface area (Å²) in [5.74, 6) is 0.594. The number of carbonyl (C=O) groups excluding carboxylic acids is 1. The molecule has 8 heteroatoms. The molecule has 1 amide bonds. The van der Waals surface area contributed by atoms with E-state index in [-0.39, 0.29) is 10.1 Å². The van der Waals surface area contributed by atoms with Crippen LogP contribution in [-0.4, -0.2) is 32.9 Å². The summed E-state index contributed by atoms with van der Waals surface area (Å²) in [5, 5.41) is 1.70. The predicted octanol–water partition coefficient (Wildman–Crippen LogP) is 4.22. The molecule has 0 unspecified atom stereocenters. The smallest absolute Gasteiger partial charge is 0.271 e. The van der Waals surface area contributed by atoms with Crippen molar-refractivity contribution in [2.24, 2.45) is 0 Å². The number of nitrogens with zero attached hydrogens (tertiary/aromatic N) is 1. The summed E-state index contributed by atoms with van der Waals surface area (Å²) in [6.07, 6.45) is 0. The van der Waals surface area contributed by atoms with Gasteiger partial charge in [0.25, 0.3) is 15.9 Å². The third-order valence-electron chi connectivity index (χ3n) is 4.17. The first-order chi connectivity index (χ1) is 13.9. The molecule has 29 heavy (non-hydrogen) atoms. The number of rotatable bonds is 8. The molecule has 0 aliphatic carbocycles. The summed E-state index contributed by atoms with van der Waals surface area (Å²) in [4.78, 5) is 14.3. The molecule has 152 valence electrons. The average Bonchev–Trinajstić information content (AvgIpc) is 3.25. The Morgan fingerprint density at radius 3 is 2.45 bits per heavy atom. The molecule has 0 spiro atoms. The minimum absolute atomic E-state index is 0.163. The van der Waals surface area contributed by atoms with Crippen LogP contribution in [0.15, 0.2) is 70.3 Å². The van der Waals surface area contributed by atoms with Gasteiger partial charge in [0, 0.05) is 30.4 Å². The molecule has 3 rings (SSSR count). The number of anilines is 1. The first kappa shape index (κ1) is 20.9. The van der Waals surface area contributed by atoms with E-state index in [9.17, 15) is 13.2 Å². The van der Waals surface area contributed by atoms with E-state index < -0.39 is 10.0 Å². The molecular weight excluding hydrogens is 408 g/mol. The fourth-order valence-electron chi connectivity index (χ4n) is 2.78. The second kappa shape index (κ2) is 9.11. The highest BCUT2D eigenvalue weighted by Crippen LogP contribution is 2.22. The lowest BCUT2D eigenvalue weighted by Gasteiger charge is -2.19. The third kappa shape index (κ3) is 5.16. The van der Waals surface area contributed by atoms with Crippen LogP contribution in [0.3, 0.4) is 0 Å². The van der Waals surface area contributed by atoms with Crippen LogP contribution in [0, 0.1) is 0 Å². The molecule has 0 atom stereocenters. The van der Waals surface area contributed by atoms with Crippen molar-refractivity contribution >= 4 is 33.0 Å². The van der Waals surface area contributed by atoms with Crippen molar-refractivity contribution in [2.75, 3.05) is 18.4 Å². The van der Waals surface area contributed by atoms with Gasteiger partial charge in [0.15, 0.2) is 0 Å². The number of thiophene rings is 1. The van der Waals surface area contributed by atoms with E-state index in [0.717, 1.165) is 22.6 Å². The number of carbonyl (C=O) groups is 1. The molecule has 2 aromatic carbocycles. The van der Waals surface area contributed by atoms with Crippen molar-refractivity contribution in [3.8, 4) is 5.75 Å². The molecule has 0 aliphatic rings. The Kier molecular flexibility index (Phi) is 6.56. The number of hydrogen-bond acceptors (Lipinski definition) is 5. The zero-order chi connectivity index (χ0) is 20.9.